The SMILES string of the molecule is COc1cccc(N2CCCc3c(nc(OC[C@@H]4CCCN4C)nc3N3CCNC(CC#N)C3)C2)c1C(F)(F)F. The molecule has 0 bridgehead atoms. The van der Waals surface area contributed by atoms with Crippen LogP contribution in [0.3, 0.4) is 0 Å². The Morgan fingerprint density at radius 1 is 1.15 bits per heavy atom. The van der Waals surface area contributed by atoms with Gasteiger partial charge in [-0.2, -0.15) is 28.4 Å². The molecule has 12 heteroatoms. The molecule has 0 radical (unpaired) electrons. The van der Waals surface area contributed by atoms with Crippen molar-refractivity contribution in [1.29, 1.82) is 5.26 Å². The molecule has 9 nitrogen and oxygen atoms in total. The van der Waals surface area contributed by atoms with Crippen LogP contribution in [0.5, 0.6) is 11.8 Å². The summed E-state index contributed by atoms with van der Waals surface area (Å²) in [5.41, 5.74) is 0.897. The zero-order valence-electron chi connectivity index (χ0n) is 23.0. The first-order valence-corrected chi connectivity index (χ1v) is 13.9. The van der Waals surface area contributed by atoms with E-state index in [1.54, 1.807) is 11.0 Å². The van der Waals surface area contributed by atoms with Crippen molar-refractivity contribution in [3.63, 3.8) is 0 Å². The maximum absolute atomic E-state index is 14.2. The molecule has 1 N–H and O–H groups in total. The lowest BCUT2D eigenvalue weighted by molar-refractivity contribution is -0.138. The molecule has 216 valence electrons. The molecule has 1 unspecified atom stereocenters. The zero-order chi connectivity index (χ0) is 28.3. The van der Waals surface area contributed by atoms with Crippen molar-refractivity contribution in [2.45, 2.75) is 56.9 Å². The first kappa shape index (κ1) is 28.2. The fraction of sp³-hybridized carbons (Fsp3) is 0.607. The number of likely N-dealkylation sites (N-methyl/N-ethyl adjacent to an activating group) is 1. The number of hydrogen-bond donors (Lipinski definition) is 1. The van der Waals surface area contributed by atoms with Crippen LogP contribution < -0.4 is 24.6 Å². The average Bonchev–Trinajstić information content (AvgIpc) is 3.22. The highest BCUT2D eigenvalue weighted by Crippen LogP contribution is 2.44. The monoisotopic (exact) mass is 559 g/mol. The molecule has 0 saturated carbocycles. The molecule has 2 aromatic rings. The number of nitrogens with zero attached hydrogens (tertiary/aromatic N) is 6. The summed E-state index contributed by atoms with van der Waals surface area (Å²) in [6.45, 7) is 4.10. The van der Waals surface area contributed by atoms with Crippen LogP contribution in [-0.4, -0.2) is 80.4 Å². The molecule has 3 aliphatic rings. The minimum Gasteiger partial charge on any atom is -0.496 e. The van der Waals surface area contributed by atoms with E-state index in [4.69, 9.17) is 19.4 Å². The predicted molar refractivity (Wildman–Crippen MR) is 145 cm³/mol. The van der Waals surface area contributed by atoms with E-state index in [2.05, 4.69) is 28.2 Å². The molecule has 2 saturated heterocycles. The molecule has 0 aliphatic carbocycles. The molecule has 2 atom stereocenters. The molecule has 40 heavy (non-hydrogen) atoms. The Labute approximate surface area is 232 Å². The number of anilines is 2. The summed E-state index contributed by atoms with van der Waals surface area (Å²) in [7, 11) is 3.33. The largest absolute Gasteiger partial charge is 0.496 e. The molecule has 1 aromatic carbocycles. The number of piperazine rings is 1. The van der Waals surface area contributed by atoms with Crippen molar-refractivity contribution in [2.24, 2.45) is 0 Å². The number of rotatable bonds is 7. The Morgan fingerprint density at radius 3 is 2.73 bits per heavy atom. The Bertz CT molecular complexity index is 1240. The van der Waals surface area contributed by atoms with Gasteiger partial charge in [-0.25, -0.2) is 0 Å². The van der Waals surface area contributed by atoms with E-state index in [1.165, 1.54) is 19.2 Å². The lowest BCUT2D eigenvalue weighted by atomic mass is 10.1. The smallest absolute Gasteiger partial charge is 0.421 e. The summed E-state index contributed by atoms with van der Waals surface area (Å²) < 4.78 is 53.9. The fourth-order valence-corrected chi connectivity index (χ4v) is 5.98. The highest BCUT2D eigenvalue weighted by molar-refractivity contribution is 5.62. The average molecular weight is 560 g/mol. The van der Waals surface area contributed by atoms with Gasteiger partial charge in [-0.05, 0) is 51.4 Å². The third kappa shape index (κ3) is 6.05. The minimum absolute atomic E-state index is 0.00859. The van der Waals surface area contributed by atoms with Gasteiger partial charge in [0.2, 0.25) is 0 Å². The maximum Gasteiger partial charge on any atom is 0.421 e. The van der Waals surface area contributed by atoms with Gasteiger partial charge in [0.15, 0.2) is 0 Å². The van der Waals surface area contributed by atoms with Crippen molar-refractivity contribution < 1.29 is 22.6 Å². The number of aromatic nitrogens is 2. The van der Waals surface area contributed by atoms with E-state index in [1.807, 2.05) is 0 Å². The lowest BCUT2D eigenvalue weighted by Gasteiger charge is -2.35. The second-order valence-corrected chi connectivity index (χ2v) is 10.7. The number of benzene rings is 1. The first-order valence-electron chi connectivity index (χ1n) is 13.9. The van der Waals surface area contributed by atoms with Gasteiger partial charge >= 0.3 is 12.2 Å². The zero-order valence-corrected chi connectivity index (χ0v) is 23.0. The van der Waals surface area contributed by atoms with Crippen molar-refractivity contribution in [1.82, 2.24) is 20.2 Å². The molecule has 0 amide bonds. The number of likely N-dealkylation sites (tertiary alicyclic amines) is 1. The summed E-state index contributed by atoms with van der Waals surface area (Å²) in [5, 5.41) is 12.6. The van der Waals surface area contributed by atoms with Crippen LogP contribution >= 0.6 is 0 Å². The van der Waals surface area contributed by atoms with Crippen LogP contribution in [-0.2, 0) is 19.1 Å². The first-order chi connectivity index (χ1) is 19.3. The number of ether oxygens (including phenoxy) is 2. The quantitative estimate of drug-likeness (QED) is 0.546. The Morgan fingerprint density at radius 2 is 2.00 bits per heavy atom. The summed E-state index contributed by atoms with van der Waals surface area (Å²) in [6.07, 6.45) is -0.786. The number of halogens is 3. The molecule has 5 rings (SSSR count). The van der Waals surface area contributed by atoms with Gasteiger partial charge in [-0.1, -0.05) is 6.07 Å². The van der Waals surface area contributed by atoms with E-state index in [0.29, 0.717) is 57.7 Å². The summed E-state index contributed by atoms with van der Waals surface area (Å²) in [4.78, 5) is 15.8. The van der Waals surface area contributed by atoms with Gasteiger partial charge in [0.25, 0.3) is 0 Å². The fourth-order valence-electron chi connectivity index (χ4n) is 5.98. The number of nitriles is 1. The Hall–Kier alpha value is -3.30. The summed E-state index contributed by atoms with van der Waals surface area (Å²) in [5.74, 6) is 0.555. The summed E-state index contributed by atoms with van der Waals surface area (Å²) in [6, 6.07) is 7.18. The van der Waals surface area contributed by atoms with E-state index in [9.17, 15) is 18.4 Å². The van der Waals surface area contributed by atoms with Crippen molar-refractivity contribution in [3.8, 4) is 17.8 Å². The van der Waals surface area contributed by atoms with Gasteiger partial charge < -0.3 is 29.5 Å². The van der Waals surface area contributed by atoms with Gasteiger partial charge in [0.05, 0.1) is 37.5 Å². The number of methoxy groups -OCH3 is 1. The lowest BCUT2D eigenvalue weighted by Crippen LogP contribution is -2.51. The van der Waals surface area contributed by atoms with Crippen LogP contribution in [0.2, 0.25) is 0 Å². The van der Waals surface area contributed by atoms with Crippen LogP contribution in [0.25, 0.3) is 0 Å². The molecular weight excluding hydrogens is 523 g/mol. The van der Waals surface area contributed by atoms with E-state index in [0.717, 1.165) is 30.8 Å². The van der Waals surface area contributed by atoms with Crippen molar-refractivity contribution >= 4 is 11.5 Å². The normalized spacial score (nSPS) is 22.0. The van der Waals surface area contributed by atoms with E-state index >= 15 is 0 Å². The van der Waals surface area contributed by atoms with Gasteiger partial charge in [0.1, 0.15) is 23.7 Å². The van der Waals surface area contributed by atoms with Crippen molar-refractivity contribution in [2.75, 3.05) is 63.3 Å². The third-order valence-electron chi connectivity index (χ3n) is 8.06. The van der Waals surface area contributed by atoms with Crippen LogP contribution in [0.4, 0.5) is 24.7 Å². The maximum atomic E-state index is 14.2. The molecule has 4 heterocycles. The highest BCUT2D eigenvalue weighted by atomic mass is 19.4. The van der Waals surface area contributed by atoms with Crippen LogP contribution in [0.1, 0.15) is 42.5 Å². The van der Waals surface area contributed by atoms with Gasteiger partial charge in [-0.3, -0.25) is 0 Å². The van der Waals surface area contributed by atoms with Gasteiger partial charge in [-0.15, -0.1) is 0 Å². The van der Waals surface area contributed by atoms with Crippen molar-refractivity contribution in [3.05, 3.63) is 35.0 Å². The van der Waals surface area contributed by atoms with Gasteiger partial charge in [0, 0.05) is 43.8 Å². The predicted octanol–water partition coefficient (Wildman–Crippen LogP) is 3.62. The molecule has 3 aliphatic heterocycles. The Balaban J connectivity index is 1.51. The molecule has 1 aromatic heterocycles. The number of fused-ring (bicyclic) bond motifs is 1. The topological polar surface area (TPSA) is 89.8 Å². The third-order valence-corrected chi connectivity index (χ3v) is 8.06. The van der Waals surface area contributed by atoms with E-state index in [-0.39, 0.29) is 36.1 Å². The molecular formula is C28H36F3N7O2. The number of hydrogen-bond acceptors (Lipinski definition) is 9. The standard InChI is InChI=1S/C28H36F3N7O2/c1-36-13-4-6-20(36)18-40-27-34-22-17-37(23-8-3-9-24(39-2)25(23)28(29,30)31)14-5-7-21(22)26(35-27)38-15-12-33-19(16-38)10-11-32/h3,8-9,19-20,33H,4-7,10,12-18H2,1-2H3/t19?,20-/m0/s1. The molecule has 0 spiro atoms. The number of nitrogens with one attached hydrogen (secondary N) is 1. The van der Waals surface area contributed by atoms with Crippen LogP contribution in [0.15, 0.2) is 18.2 Å². The number of alkyl halides is 3. The summed E-state index contributed by atoms with van der Waals surface area (Å²) >= 11 is 0. The second-order valence-electron chi connectivity index (χ2n) is 10.7. The van der Waals surface area contributed by atoms with Crippen LogP contribution in [0, 0.1) is 11.3 Å². The highest BCUT2D eigenvalue weighted by Gasteiger charge is 2.39. The second kappa shape index (κ2) is 12.1. The molecule has 2 fully saturated rings. The van der Waals surface area contributed by atoms with E-state index < -0.39 is 11.7 Å². The minimum atomic E-state index is -4.58. The Kier molecular flexibility index (Phi) is 8.51.